The van der Waals surface area contributed by atoms with Crippen LogP contribution in [0.25, 0.3) is 0 Å². The fourth-order valence-corrected chi connectivity index (χ4v) is 1.77. The highest BCUT2D eigenvalue weighted by Gasteiger charge is 2.06. The monoisotopic (exact) mass is 267 g/mol. The van der Waals surface area contributed by atoms with Crippen molar-refractivity contribution in [3.05, 3.63) is 65.2 Å². The molecule has 0 saturated carbocycles. The Hall–Kier alpha value is -2.62. The first-order valence-electron chi connectivity index (χ1n) is 6.47. The van der Waals surface area contributed by atoms with E-state index in [2.05, 4.69) is 17.5 Å². The minimum atomic E-state index is -0.315. The van der Waals surface area contributed by atoms with Crippen molar-refractivity contribution in [3.8, 4) is 0 Å². The van der Waals surface area contributed by atoms with Gasteiger partial charge in [0, 0.05) is 5.69 Å². The van der Waals surface area contributed by atoms with Gasteiger partial charge in [0.2, 0.25) is 0 Å². The SMILES string of the molecule is CCc1ccc(/C=N/NC(=O)c2ccccc2N)cc1. The van der Waals surface area contributed by atoms with Crippen LogP contribution >= 0.6 is 0 Å². The Kier molecular flexibility index (Phi) is 4.50. The lowest BCUT2D eigenvalue weighted by Gasteiger charge is -2.03. The molecule has 2 rings (SSSR count). The number of hydrogen-bond donors (Lipinski definition) is 2. The molecule has 0 heterocycles. The number of para-hydroxylation sites is 1. The van der Waals surface area contributed by atoms with Gasteiger partial charge in [0.05, 0.1) is 11.8 Å². The van der Waals surface area contributed by atoms with Crippen LogP contribution in [0.4, 0.5) is 5.69 Å². The van der Waals surface area contributed by atoms with Gasteiger partial charge < -0.3 is 5.73 Å². The average Bonchev–Trinajstić information content (AvgIpc) is 2.48. The number of carbonyl (C=O) groups excluding carboxylic acids is 1. The molecule has 102 valence electrons. The number of aryl methyl sites for hydroxylation is 1. The van der Waals surface area contributed by atoms with E-state index in [1.165, 1.54) is 5.56 Å². The maximum absolute atomic E-state index is 11.9. The molecule has 4 nitrogen and oxygen atoms in total. The van der Waals surface area contributed by atoms with Crippen molar-refractivity contribution < 1.29 is 4.79 Å². The number of hydrazone groups is 1. The van der Waals surface area contributed by atoms with Crippen LogP contribution in [0.15, 0.2) is 53.6 Å². The number of hydrogen-bond acceptors (Lipinski definition) is 3. The molecule has 0 radical (unpaired) electrons. The number of rotatable bonds is 4. The number of nitrogens with one attached hydrogen (secondary N) is 1. The highest BCUT2D eigenvalue weighted by atomic mass is 16.2. The summed E-state index contributed by atoms with van der Waals surface area (Å²) in [6.07, 6.45) is 2.61. The molecule has 0 saturated heterocycles. The van der Waals surface area contributed by atoms with Gasteiger partial charge in [-0.2, -0.15) is 5.10 Å². The van der Waals surface area contributed by atoms with E-state index in [1.54, 1.807) is 30.5 Å². The molecule has 2 aromatic rings. The second-order valence-electron chi connectivity index (χ2n) is 4.38. The largest absolute Gasteiger partial charge is 0.398 e. The van der Waals surface area contributed by atoms with Crippen molar-refractivity contribution >= 4 is 17.8 Å². The number of amides is 1. The van der Waals surface area contributed by atoms with Crippen molar-refractivity contribution in [2.24, 2.45) is 5.10 Å². The first-order valence-corrected chi connectivity index (χ1v) is 6.47. The minimum Gasteiger partial charge on any atom is -0.398 e. The maximum atomic E-state index is 11.9. The van der Waals surface area contributed by atoms with Crippen LogP contribution in [0.2, 0.25) is 0 Å². The van der Waals surface area contributed by atoms with E-state index in [-0.39, 0.29) is 5.91 Å². The average molecular weight is 267 g/mol. The molecule has 0 fully saturated rings. The maximum Gasteiger partial charge on any atom is 0.273 e. The molecule has 0 aromatic heterocycles. The highest BCUT2D eigenvalue weighted by Crippen LogP contribution is 2.09. The van der Waals surface area contributed by atoms with Crippen LogP contribution < -0.4 is 11.2 Å². The number of anilines is 1. The van der Waals surface area contributed by atoms with Crippen LogP contribution in [0.3, 0.4) is 0 Å². The van der Waals surface area contributed by atoms with Crippen molar-refractivity contribution in [3.63, 3.8) is 0 Å². The van der Waals surface area contributed by atoms with Crippen molar-refractivity contribution in [1.29, 1.82) is 0 Å². The topological polar surface area (TPSA) is 67.5 Å². The fraction of sp³-hybridized carbons (Fsp3) is 0.125. The van der Waals surface area contributed by atoms with Gasteiger partial charge in [0.25, 0.3) is 5.91 Å². The number of nitrogens with zero attached hydrogens (tertiary/aromatic N) is 1. The van der Waals surface area contributed by atoms with Gasteiger partial charge in [-0.3, -0.25) is 4.79 Å². The lowest BCUT2D eigenvalue weighted by molar-refractivity contribution is 0.0956. The third-order valence-corrected chi connectivity index (χ3v) is 2.97. The zero-order valence-corrected chi connectivity index (χ0v) is 11.3. The Morgan fingerprint density at radius 1 is 1.20 bits per heavy atom. The van der Waals surface area contributed by atoms with E-state index < -0.39 is 0 Å². The van der Waals surface area contributed by atoms with E-state index in [0.29, 0.717) is 11.3 Å². The second-order valence-corrected chi connectivity index (χ2v) is 4.38. The van der Waals surface area contributed by atoms with Crippen molar-refractivity contribution in [2.75, 3.05) is 5.73 Å². The highest BCUT2D eigenvalue weighted by molar-refractivity contribution is 5.99. The Morgan fingerprint density at radius 2 is 1.90 bits per heavy atom. The molecule has 2 aromatic carbocycles. The van der Waals surface area contributed by atoms with Crippen molar-refractivity contribution in [2.45, 2.75) is 13.3 Å². The van der Waals surface area contributed by atoms with E-state index >= 15 is 0 Å². The number of nitrogen functional groups attached to an aromatic ring is 1. The third kappa shape index (κ3) is 3.45. The Bertz CT molecular complexity index is 618. The minimum absolute atomic E-state index is 0.315. The molecule has 0 bridgehead atoms. The normalized spacial score (nSPS) is 10.7. The zero-order valence-electron chi connectivity index (χ0n) is 11.3. The van der Waals surface area contributed by atoms with Gasteiger partial charge in [0.15, 0.2) is 0 Å². The van der Waals surface area contributed by atoms with Crippen LogP contribution in [-0.2, 0) is 6.42 Å². The lowest BCUT2D eigenvalue weighted by Crippen LogP contribution is -2.18. The van der Waals surface area contributed by atoms with Gasteiger partial charge in [0.1, 0.15) is 0 Å². The summed E-state index contributed by atoms with van der Waals surface area (Å²) >= 11 is 0. The quantitative estimate of drug-likeness (QED) is 0.508. The van der Waals surface area contributed by atoms with Crippen LogP contribution in [0.1, 0.15) is 28.4 Å². The molecular weight excluding hydrogens is 250 g/mol. The fourth-order valence-electron chi connectivity index (χ4n) is 1.77. The molecule has 4 heteroatoms. The van der Waals surface area contributed by atoms with E-state index in [0.717, 1.165) is 12.0 Å². The third-order valence-electron chi connectivity index (χ3n) is 2.97. The van der Waals surface area contributed by atoms with E-state index in [4.69, 9.17) is 5.73 Å². The summed E-state index contributed by atoms with van der Waals surface area (Å²) in [5, 5.41) is 3.93. The molecule has 20 heavy (non-hydrogen) atoms. The molecule has 0 unspecified atom stereocenters. The van der Waals surface area contributed by atoms with E-state index in [9.17, 15) is 4.79 Å². The summed E-state index contributed by atoms with van der Waals surface area (Å²) in [6, 6.07) is 14.9. The van der Waals surface area contributed by atoms with Gasteiger partial charge in [-0.25, -0.2) is 5.43 Å². The molecule has 0 aliphatic rings. The smallest absolute Gasteiger partial charge is 0.273 e. The summed E-state index contributed by atoms with van der Waals surface area (Å²) < 4.78 is 0. The standard InChI is InChI=1S/C16H17N3O/c1-2-12-7-9-13(10-8-12)11-18-19-16(20)14-5-3-4-6-15(14)17/h3-11H,2,17H2,1H3,(H,19,20)/b18-11+. The van der Waals surface area contributed by atoms with Crippen molar-refractivity contribution in [1.82, 2.24) is 5.43 Å². The summed E-state index contributed by atoms with van der Waals surface area (Å²) in [5.74, 6) is -0.315. The predicted octanol–water partition coefficient (Wildman–Crippen LogP) is 2.60. The van der Waals surface area contributed by atoms with Gasteiger partial charge in [-0.15, -0.1) is 0 Å². The zero-order chi connectivity index (χ0) is 14.4. The number of benzene rings is 2. The summed E-state index contributed by atoms with van der Waals surface area (Å²) in [6.45, 7) is 2.10. The Morgan fingerprint density at radius 3 is 2.55 bits per heavy atom. The van der Waals surface area contributed by atoms with Gasteiger partial charge >= 0.3 is 0 Å². The first-order chi connectivity index (χ1) is 9.70. The summed E-state index contributed by atoms with van der Waals surface area (Å²) in [5.41, 5.74) is 11.3. The van der Waals surface area contributed by atoms with Crippen LogP contribution in [0.5, 0.6) is 0 Å². The molecule has 0 aliphatic carbocycles. The molecule has 0 aliphatic heterocycles. The first kappa shape index (κ1) is 13.8. The molecule has 0 atom stereocenters. The molecule has 0 spiro atoms. The van der Waals surface area contributed by atoms with Crippen LogP contribution in [0, 0.1) is 0 Å². The van der Waals surface area contributed by atoms with Gasteiger partial charge in [-0.05, 0) is 29.7 Å². The Balaban J connectivity index is 1.99. The number of nitrogens with two attached hydrogens (primary N) is 1. The Labute approximate surface area is 118 Å². The molecule has 1 amide bonds. The number of carbonyl (C=O) groups is 1. The summed E-state index contributed by atoms with van der Waals surface area (Å²) in [4.78, 5) is 11.9. The summed E-state index contributed by atoms with van der Waals surface area (Å²) in [7, 11) is 0. The molecule has 3 N–H and O–H groups in total. The van der Waals surface area contributed by atoms with E-state index in [1.807, 2.05) is 24.3 Å². The molecular formula is C16H17N3O. The lowest BCUT2D eigenvalue weighted by atomic mass is 10.1. The van der Waals surface area contributed by atoms with Gasteiger partial charge in [-0.1, -0.05) is 43.3 Å². The predicted molar refractivity (Wildman–Crippen MR) is 81.7 cm³/mol. The van der Waals surface area contributed by atoms with Crippen LogP contribution in [-0.4, -0.2) is 12.1 Å². The second kappa shape index (κ2) is 6.52.